The van der Waals surface area contributed by atoms with Gasteiger partial charge in [-0.2, -0.15) is 0 Å². The second-order valence-corrected chi connectivity index (χ2v) is 17.6. The first-order chi connectivity index (χ1) is 29.5. The summed E-state index contributed by atoms with van der Waals surface area (Å²) in [6.07, 6.45) is 0. The number of carbonyl (C=O) groups is 1. The summed E-state index contributed by atoms with van der Waals surface area (Å²) in [5.74, 6) is 0. The Bertz CT molecular complexity index is 2650. The van der Waals surface area contributed by atoms with Crippen LogP contribution in [-0.4, -0.2) is 20.8 Å². The van der Waals surface area contributed by atoms with E-state index in [2.05, 4.69) is 41.7 Å². The molecule has 7 aromatic carbocycles. The van der Waals surface area contributed by atoms with Gasteiger partial charge in [-0.1, -0.05) is 222 Å². The van der Waals surface area contributed by atoms with Crippen molar-refractivity contribution < 1.29 is 9.63 Å². The fourth-order valence-corrected chi connectivity index (χ4v) is 10.4. The minimum atomic E-state index is -1.26. The lowest BCUT2D eigenvalue weighted by molar-refractivity contribution is -0.105. The van der Waals surface area contributed by atoms with E-state index in [1.807, 2.05) is 170 Å². The van der Waals surface area contributed by atoms with Crippen LogP contribution in [0.15, 0.2) is 216 Å². The van der Waals surface area contributed by atoms with Gasteiger partial charge in [-0.05, 0) is 40.6 Å². The number of hydrogen-bond donors (Lipinski definition) is 1. The topological polar surface area (TPSA) is 76.5 Å². The number of hydrogen-bond acceptors (Lipinski definition) is 9. The normalized spacial score (nSPS) is 12.0. The number of nitrogens with zero attached hydrogens (tertiary/aromatic N) is 3. The lowest BCUT2D eigenvalue weighted by Crippen LogP contribution is -2.38. The van der Waals surface area contributed by atoms with Crippen LogP contribution in [0.25, 0.3) is 10.2 Å². The molecule has 2 aromatic heterocycles. The molecule has 0 aliphatic rings. The van der Waals surface area contributed by atoms with Crippen molar-refractivity contribution in [3.05, 3.63) is 250 Å². The molecule has 0 saturated heterocycles. The van der Waals surface area contributed by atoms with Crippen molar-refractivity contribution in [1.82, 2.24) is 9.97 Å². The van der Waals surface area contributed by atoms with E-state index < -0.39 is 16.3 Å². The number of thioether (sulfide) groups is 1. The van der Waals surface area contributed by atoms with Gasteiger partial charge < -0.3 is 10.2 Å². The van der Waals surface area contributed by atoms with E-state index in [1.54, 1.807) is 0 Å². The predicted octanol–water partition coefficient (Wildman–Crippen LogP) is 12.8. The van der Waals surface area contributed by atoms with Gasteiger partial charge in [0.1, 0.15) is 15.6 Å². The Hall–Kier alpha value is -6.36. The maximum absolute atomic E-state index is 14.8. The highest BCUT2D eigenvalue weighted by Crippen LogP contribution is 2.44. The van der Waals surface area contributed by atoms with Crippen LogP contribution >= 0.6 is 46.0 Å². The van der Waals surface area contributed by atoms with Crippen LogP contribution in [0.4, 0.5) is 5.13 Å². The maximum Gasteiger partial charge on any atom is 0.250 e. The molecule has 0 unspecified atom stereocenters. The lowest BCUT2D eigenvalue weighted by atomic mass is 9.77. The number of aromatic nitrogens is 2. The van der Waals surface area contributed by atoms with Crippen LogP contribution in [0.3, 0.4) is 0 Å². The fourth-order valence-electron chi connectivity index (χ4n) is 7.43. The Kier molecular flexibility index (Phi) is 11.4. The average molecular weight is 856 g/mol. The zero-order valence-electron chi connectivity index (χ0n) is 31.9. The number of carbonyl (C=O) groups excluding carboxylic acids is 1. The van der Waals surface area contributed by atoms with Crippen molar-refractivity contribution in [2.45, 2.75) is 15.5 Å². The molecular weight excluding hydrogens is 820 g/mol. The molecular formula is C50H35ClN4O2S3. The van der Waals surface area contributed by atoms with Crippen molar-refractivity contribution in [1.29, 1.82) is 0 Å². The minimum Gasteiger partial charge on any atom is -0.374 e. The minimum absolute atomic E-state index is 0.0505. The van der Waals surface area contributed by atoms with Gasteiger partial charge in [-0.15, -0.1) is 11.3 Å². The molecule has 9 rings (SSSR count). The molecule has 0 spiro atoms. The molecule has 0 bridgehead atoms. The third kappa shape index (κ3) is 7.64. The Balaban J connectivity index is 1.21. The average Bonchev–Trinajstić information content (AvgIpc) is 3.90. The van der Waals surface area contributed by atoms with Crippen LogP contribution in [0.1, 0.15) is 39.1 Å². The SMILES string of the molecule is O=C(Sc1nc2ccccc2s1)/C(=N/OC(c1ccccc1)(c1ccccc1)c1ccccc1)c1nc(NC(c2ccccc2)(c2ccccc2)c2ccccc2)sc1Cl. The molecule has 292 valence electrons. The first-order valence-corrected chi connectivity index (χ1v) is 22.0. The molecule has 0 atom stereocenters. The summed E-state index contributed by atoms with van der Waals surface area (Å²) in [5.41, 5.74) is 4.24. The van der Waals surface area contributed by atoms with Crippen LogP contribution < -0.4 is 5.32 Å². The molecule has 0 aliphatic carbocycles. The molecule has 0 saturated carbocycles. The van der Waals surface area contributed by atoms with E-state index in [1.165, 1.54) is 22.7 Å². The van der Waals surface area contributed by atoms with E-state index in [0.29, 0.717) is 9.47 Å². The van der Waals surface area contributed by atoms with Crippen molar-refractivity contribution in [3.63, 3.8) is 0 Å². The van der Waals surface area contributed by atoms with Crippen molar-refractivity contribution in [2.75, 3.05) is 5.32 Å². The molecule has 2 heterocycles. The molecule has 6 nitrogen and oxygen atoms in total. The third-order valence-electron chi connectivity index (χ3n) is 10.2. The summed E-state index contributed by atoms with van der Waals surface area (Å²) >= 11 is 10.9. The molecule has 0 radical (unpaired) electrons. The number of thiazole rings is 2. The predicted molar refractivity (Wildman–Crippen MR) is 247 cm³/mol. The number of halogens is 1. The van der Waals surface area contributed by atoms with Gasteiger partial charge in [-0.25, -0.2) is 9.97 Å². The molecule has 0 fully saturated rings. The third-order valence-corrected chi connectivity index (χ3v) is 13.3. The van der Waals surface area contributed by atoms with Gasteiger partial charge in [0.2, 0.25) is 10.7 Å². The summed E-state index contributed by atoms with van der Waals surface area (Å²) in [6, 6.07) is 68.2. The summed E-state index contributed by atoms with van der Waals surface area (Å²) in [7, 11) is 0. The fraction of sp³-hybridized carbons (Fsp3) is 0.0400. The van der Waals surface area contributed by atoms with Crippen molar-refractivity contribution >= 4 is 72.2 Å². The zero-order chi connectivity index (χ0) is 40.8. The summed E-state index contributed by atoms with van der Waals surface area (Å²) < 4.78 is 1.80. The van der Waals surface area contributed by atoms with E-state index in [-0.39, 0.29) is 15.7 Å². The van der Waals surface area contributed by atoms with E-state index in [4.69, 9.17) is 31.6 Å². The smallest absolute Gasteiger partial charge is 0.250 e. The molecule has 9 aromatic rings. The molecule has 0 amide bonds. The van der Waals surface area contributed by atoms with Crippen LogP contribution in [-0.2, 0) is 20.8 Å². The highest BCUT2D eigenvalue weighted by atomic mass is 35.5. The van der Waals surface area contributed by atoms with E-state index in [0.717, 1.165) is 55.4 Å². The Morgan fingerprint density at radius 1 is 0.550 bits per heavy atom. The Morgan fingerprint density at radius 3 is 1.42 bits per heavy atom. The molecule has 0 aliphatic heterocycles. The number of fused-ring (bicyclic) bond motifs is 1. The molecule has 1 N–H and O–H groups in total. The number of benzene rings is 7. The van der Waals surface area contributed by atoms with Crippen molar-refractivity contribution in [2.24, 2.45) is 5.16 Å². The number of para-hydroxylation sites is 1. The van der Waals surface area contributed by atoms with Gasteiger partial charge in [0.15, 0.2) is 15.2 Å². The second-order valence-electron chi connectivity index (χ2n) is 13.8. The van der Waals surface area contributed by atoms with E-state index >= 15 is 0 Å². The zero-order valence-corrected chi connectivity index (χ0v) is 35.1. The largest absolute Gasteiger partial charge is 0.374 e. The van der Waals surface area contributed by atoms with Crippen molar-refractivity contribution in [3.8, 4) is 0 Å². The van der Waals surface area contributed by atoms with E-state index in [9.17, 15) is 4.79 Å². The monoisotopic (exact) mass is 854 g/mol. The first kappa shape index (κ1) is 39.1. The number of nitrogens with one attached hydrogen (secondary N) is 1. The van der Waals surface area contributed by atoms with Crippen LogP contribution in [0, 0.1) is 0 Å². The van der Waals surface area contributed by atoms with Gasteiger partial charge in [0, 0.05) is 16.7 Å². The lowest BCUT2D eigenvalue weighted by Gasteiger charge is -2.36. The summed E-state index contributed by atoms with van der Waals surface area (Å²) in [6.45, 7) is 0. The summed E-state index contributed by atoms with van der Waals surface area (Å²) in [4.78, 5) is 31.6. The summed E-state index contributed by atoms with van der Waals surface area (Å²) in [5, 5.41) is 8.72. The van der Waals surface area contributed by atoms with Gasteiger partial charge in [-0.3, -0.25) is 4.79 Å². The standard InChI is InChI=1S/C50H35ClN4O2S3/c51-45-43(53-47(59-45)54-49(35-21-7-1-8-22-35,36-23-9-2-10-24-36)37-25-11-3-12-26-37)44(46(56)60-48-52-41-33-19-20-34-42(41)58-48)55-57-50(38-27-13-4-14-28-38,39-29-15-5-16-30-39)40-31-17-6-18-32-40/h1-34H,(H,53,54)/b55-44+. The number of oxime groups is 1. The van der Waals surface area contributed by atoms with Gasteiger partial charge >= 0.3 is 0 Å². The quantitative estimate of drug-likeness (QED) is 0.0539. The highest BCUT2D eigenvalue weighted by molar-refractivity contribution is 8.16. The van der Waals surface area contributed by atoms with Gasteiger partial charge in [0.25, 0.3) is 0 Å². The number of rotatable bonds is 13. The highest BCUT2D eigenvalue weighted by Gasteiger charge is 2.41. The first-order valence-electron chi connectivity index (χ1n) is 19.2. The molecule has 60 heavy (non-hydrogen) atoms. The Morgan fingerprint density at radius 2 is 0.967 bits per heavy atom. The maximum atomic E-state index is 14.8. The van der Waals surface area contributed by atoms with Crippen LogP contribution in [0.2, 0.25) is 4.34 Å². The van der Waals surface area contributed by atoms with Crippen LogP contribution in [0.5, 0.6) is 0 Å². The second kappa shape index (κ2) is 17.5. The molecule has 10 heteroatoms. The van der Waals surface area contributed by atoms with Gasteiger partial charge in [0.05, 0.1) is 10.2 Å². The Labute approximate surface area is 365 Å². The number of anilines is 1.